The normalized spacial score (nSPS) is 10.7. The summed E-state index contributed by atoms with van der Waals surface area (Å²) >= 11 is 2.80. The summed E-state index contributed by atoms with van der Waals surface area (Å²) in [6, 6.07) is 3.99. The van der Waals surface area contributed by atoms with Crippen molar-refractivity contribution in [3.8, 4) is 10.7 Å². The summed E-state index contributed by atoms with van der Waals surface area (Å²) in [5, 5.41) is 13.5. The van der Waals surface area contributed by atoms with Gasteiger partial charge in [-0.3, -0.25) is 4.79 Å². The van der Waals surface area contributed by atoms with E-state index >= 15 is 0 Å². The number of thiophene rings is 1. The van der Waals surface area contributed by atoms with E-state index < -0.39 is 5.97 Å². The van der Waals surface area contributed by atoms with Gasteiger partial charge in [0.2, 0.25) is 0 Å². The Morgan fingerprint density at radius 1 is 1.59 bits per heavy atom. The van der Waals surface area contributed by atoms with Gasteiger partial charge < -0.3 is 5.11 Å². The molecule has 0 aliphatic rings. The molecule has 17 heavy (non-hydrogen) atoms. The molecule has 0 atom stereocenters. The first-order chi connectivity index (χ1) is 8.06. The number of carbonyl (C=O) groups is 1. The summed E-state index contributed by atoms with van der Waals surface area (Å²) in [7, 11) is 1.77. The summed E-state index contributed by atoms with van der Waals surface area (Å²) in [5.74, 6) is -0.208. The molecule has 0 radical (unpaired) electrons. The van der Waals surface area contributed by atoms with Gasteiger partial charge in [0.15, 0.2) is 11.0 Å². The monoisotopic (exact) mass is 269 g/mol. The van der Waals surface area contributed by atoms with E-state index in [0.29, 0.717) is 11.0 Å². The predicted molar refractivity (Wildman–Crippen MR) is 67.4 cm³/mol. The van der Waals surface area contributed by atoms with Gasteiger partial charge in [-0.15, -0.1) is 16.4 Å². The first-order valence-electron chi connectivity index (χ1n) is 4.88. The fourth-order valence-electron chi connectivity index (χ4n) is 1.28. The minimum atomic E-state index is -0.855. The van der Waals surface area contributed by atoms with Gasteiger partial charge in [0.05, 0.1) is 10.6 Å². The van der Waals surface area contributed by atoms with Gasteiger partial charge in [-0.2, -0.15) is 0 Å². The zero-order valence-corrected chi connectivity index (χ0v) is 11.0. The number of rotatable bonds is 4. The third-order valence-corrected chi connectivity index (χ3v) is 4.01. The number of aromatic nitrogens is 3. The van der Waals surface area contributed by atoms with Crippen LogP contribution in [0.5, 0.6) is 0 Å². The molecule has 0 saturated carbocycles. The van der Waals surface area contributed by atoms with Crippen molar-refractivity contribution >= 4 is 29.1 Å². The molecule has 2 rings (SSSR count). The minimum absolute atomic E-state index is 0.00452. The lowest BCUT2D eigenvalue weighted by Gasteiger charge is -1.94. The van der Waals surface area contributed by atoms with Crippen LogP contribution in [-0.4, -0.2) is 31.6 Å². The largest absolute Gasteiger partial charge is 0.481 e. The molecule has 0 spiro atoms. The van der Waals surface area contributed by atoms with E-state index in [-0.39, 0.29) is 5.75 Å². The van der Waals surface area contributed by atoms with Crippen LogP contribution in [0.15, 0.2) is 17.3 Å². The van der Waals surface area contributed by atoms with Gasteiger partial charge in [-0.1, -0.05) is 11.8 Å². The fourth-order valence-corrected chi connectivity index (χ4v) is 2.71. The van der Waals surface area contributed by atoms with Crippen molar-refractivity contribution in [1.82, 2.24) is 14.8 Å². The average Bonchev–Trinajstić information content (AvgIpc) is 2.82. The van der Waals surface area contributed by atoms with E-state index in [1.165, 1.54) is 16.6 Å². The van der Waals surface area contributed by atoms with Crippen LogP contribution in [0.3, 0.4) is 0 Å². The van der Waals surface area contributed by atoms with Crippen molar-refractivity contribution < 1.29 is 9.90 Å². The van der Waals surface area contributed by atoms with Gasteiger partial charge in [0.25, 0.3) is 0 Å². The smallest absolute Gasteiger partial charge is 0.313 e. The Kier molecular flexibility index (Phi) is 3.49. The molecule has 0 fully saturated rings. The third-order valence-electron chi connectivity index (χ3n) is 2.01. The first-order valence-corrected chi connectivity index (χ1v) is 6.69. The van der Waals surface area contributed by atoms with E-state index in [1.807, 2.05) is 19.1 Å². The maximum atomic E-state index is 10.5. The van der Waals surface area contributed by atoms with E-state index in [0.717, 1.165) is 4.88 Å². The van der Waals surface area contributed by atoms with Crippen molar-refractivity contribution in [2.75, 3.05) is 5.75 Å². The Labute approximate surface area is 106 Å². The predicted octanol–water partition coefficient (Wildman–Crippen LogP) is 2.03. The van der Waals surface area contributed by atoms with Crippen LogP contribution < -0.4 is 0 Å². The minimum Gasteiger partial charge on any atom is -0.481 e. The third kappa shape index (κ3) is 2.86. The van der Waals surface area contributed by atoms with Gasteiger partial charge in [-0.25, -0.2) is 9.67 Å². The molecular formula is C10H11N3O2S2. The van der Waals surface area contributed by atoms with Crippen LogP contribution in [0.25, 0.3) is 10.7 Å². The summed E-state index contributed by atoms with van der Waals surface area (Å²) in [4.78, 5) is 17.0. The standard InChI is InChI=1S/C10H11N3O2S2/c1-6-3-4-7(17-6)9-11-10(13(2)12-9)16-5-8(14)15/h3-4H,5H2,1-2H3,(H,14,15). The molecule has 0 amide bonds. The van der Waals surface area contributed by atoms with Crippen molar-refractivity contribution in [3.63, 3.8) is 0 Å². The van der Waals surface area contributed by atoms with Crippen molar-refractivity contribution in [1.29, 1.82) is 0 Å². The molecule has 2 aromatic rings. The summed E-state index contributed by atoms with van der Waals surface area (Å²) in [6.07, 6.45) is 0. The Morgan fingerprint density at radius 3 is 2.94 bits per heavy atom. The zero-order chi connectivity index (χ0) is 12.4. The second-order valence-electron chi connectivity index (χ2n) is 3.43. The Balaban J connectivity index is 2.21. The molecule has 90 valence electrons. The van der Waals surface area contributed by atoms with Gasteiger partial charge in [0.1, 0.15) is 0 Å². The quantitative estimate of drug-likeness (QED) is 0.860. The Morgan fingerprint density at radius 2 is 2.35 bits per heavy atom. The topological polar surface area (TPSA) is 68.0 Å². The van der Waals surface area contributed by atoms with Crippen LogP contribution in [0, 0.1) is 6.92 Å². The lowest BCUT2D eigenvalue weighted by Crippen LogP contribution is -2.00. The number of aliphatic carboxylic acids is 1. The summed E-state index contributed by atoms with van der Waals surface area (Å²) in [5.41, 5.74) is 0. The molecule has 1 N–H and O–H groups in total. The Bertz CT molecular complexity index is 547. The van der Waals surface area contributed by atoms with Crippen LogP contribution in [-0.2, 0) is 11.8 Å². The van der Waals surface area contributed by atoms with Crippen molar-refractivity contribution in [3.05, 3.63) is 17.0 Å². The molecule has 5 nitrogen and oxygen atoms in total. The molecule has 0 unspecified atom stereocenters. The van der Waals surface area contributed by atoms with Gasteiger partial charge in [0, 0.05) is 11.9 Å². The highest BCUT2D eigenvalue weighted by Gasteiger charge is 2.12. The van der Waals surface area contributed by atoms with Crippen molar-refractivity contribution in [2.45, 2.75) is 12.1 Å². The number of carboxylic acid groups (broad SMARTS) is 1. The van der Waals surface area contributed by atoms with Crippen LogP contribution >= 0.6 is 23.1 Å². The number of carboxylic acids is 1. The SMILES string of the molecule is Cc1ccc(-c2nc(SCC(=O)O)n(C)n2)s1. The fraction of sp³-hybridized carbons (Fsp3) is 0.300. The average molecular weight is 269 g/mol. The molecule has 2 aromatic heterocycles. The van der Waals surface area contributed by atoms with E-state index in [4.69, 9.17) is 5.11 Å². The van der Waals surface area contributed by atoms with Crippen LogP contribution in [0.1, 0.15) is 4.88 Å². The summed E-state index contributed by atoms with van der Waals surface area (Å²) in [6.45, 7) is 2.02. The van der Waals surface area contributed by atoms with Gasteiger partial charge in [-0.05, 0) is 19.1 Å². The molecule has 0 aliphatic heterocycles. The number of nitrogens with zero attached hydrogens (tertiary/aromatic N) is 3. The second kappa shape index (κ2) is 4.89. The Hall–Kier alpha value is -1.34. The highest BCUT2D eigenvalue weighted by Crippen LogP contribution is 2.26. The number of aryl methyl sites for hydroxylation is 2. The van der Waals surface area contributed by atoms with Gasteiger partial charge >= 0.3 is 5.97 Å². The highest BCUT2D eigenvalue weighted by atomic mass is 32.2. The lowest BCUT2D eigenvalue weighted by molar-refractivity contribution is -0.133. The van der Waals surface area contributed by atoms with E-state index in [1.54, 1.807) is 23.1 Å². The second-order valence-corrected chi connectivity index (χ2v) is 5.66. The van der Waals surface area contributed by atoms with Crippen LogP contribution in [0.4, 0.5) is 0 Å². The van der Waals surface area contributed by atoms with Crippen molar-refractivity contribution in [2.24, 2.45) is 7.05 Å². The highest BCUT2D eigenvalue weighted by molar-refractivity contribution is 7.99. The zero-order valence-electron chi connectivity index (χ0n) is 9.38. The van der Waals surface area contributed by atoms with Crippen LogP contribution in [0.2, 0.25) is 0 Å². The molecule has 7 heteroatoms. The molecule has 0 saturated heterocycles. The number of hydrogen-bond acceptors (Lipinski definition) is 5. The number of thioether (sulfide) groups is 1. The summed E-state index contributed by atoms with van der Waals surface area (Å²) < 4.78 is 1.61. The van der Waals surface area contributed by atoms with E-state index in [2.05, 4.69) is 10.1 Å². The molecule has 0 aliphatic carbocycles. The maximum Gasteiger partial charge on any atom is 0.313 e. The first kappa shape index (κ1) is 12.1. The molecule has 2 heterocycles. The number of hydrogen-bond donors (Lipinski definition) is 1. The van der Waals surface area contributed by atoms with E-state index in [9.17, 15) is 4.79 Å². The molecule has 0 bridgehead atoms. The molecule has 0 aromatic carbocycles. The molecular weight excluding hydrogens is 258 g/mol. The maximum absolute atomic E-state index is 10.5. The lowest BCUT2D eigenvalue weighted by atomic mass is 10.4.